The van der Waals surface area contributed by atoms with Crippen LogP contribution in [0.1, 0.15) is 17.1 Å². The summed E-state index contributed by atoms with van der Waals surface area (Å²) in [5, 5.41) is 17.9. The number of para-hydroxylation sites is 1. The Morgan fingerprint density at radius 3 is 2.81 bits per heavy atom. The van der Waals surface area contributed by atoms with Crippen molar-refractivity contribution in [2.24, 2.45) is 0 Å². The highest BCUT2D eigenvalue weighted by Crippen LogP contribution is 2.22. The summed E-state index contributed by atoms with van der Waals surface area (Å²) in [5.41, 5.74) is 3.73. The van der Waals surface area contributed by atoms with Crippen molar-refractivity contribution in [2.45, 2.75) is 20.3 Å². The van der Waals surface area contributed by atoms with Crippen LogP contribution >= 0.6 is 0 Å². The van der Waals surface area contributed by atoms with Crippen molar-refractivity contribution in [3.63, 3.8) is 0 Å². The van der Waals surface area contributed by atoms with E-state index in [2.05, 4.69) is 15.3 Å². The van der Waals surface area contributed by atoms with Gasteiger partial charge in [-0.15, -0.1) is 5.10 Å². The maximum atomic E-state index is 10.8. The predicted octanol–water partition coefficient (Wildman–Crippen LogP) is 2.06. The van der Waals surface area contributed by atoms with Crippen molar-refractivity contribution in [1.29, 1.82) is 0 Å². The van der Waals surface area contributed by atoms with E-state index in [1.165, 1.54) is 0 Å². The normalized spacial score (nSPS) is 11.0. The minimum absolute atomic E-state index is 0.136. The average Bonchev–Trinajstić information content (AvgIpc) is 2.79. The van der Waals surface area contributed by atoms with Gasteiger partial charge in [0.15, 0.2) is 0 Å². The number of hydrogen-bond donors (Lipinski definition) is 1. The molecule has 1 N–H and O–H groups in total. The second-order valence-corrected chi connectivity index (χ2v) is 4.91. The summed E-state index contributed by atoms with van der Waals surface area (Å²) < 4.78 is 1.65. The van der Waals surface area contributed by atoms with Gasteiger partial charge in [-0.3, -0.25) is 9.78 Å². The zero-order valence-corrected chi connectivity index (χ0v) is 11.7. The van der Waals surface area contributed by atoms with E-state index < -0.39 is 5.97 Å². The lowest BCUT2D eigenvalue weighted by Gasteiger charge is -2.07. The lowest BCUT2D eigenvalue weighted by Crippen LogP contribution is -2.04. The predicted molar refractivity (Wildman–Crippen MR) is 77.5 cm³/mol. The van der Waals surface area contributed by atoms with Gasteiger partial charge in [-0.1, -0.05) is 23.4 Å². The molecule has 6 nitrogen and oxygen atoms in total. The SMILES string of the molecule is Cc1ccc2cccc(-n3nnc(CC(=O)O)c3C)c2n1. The molecule has 0 spiro atoms. The van der Waals surface area contributed by atoms with Gasteiger partial charge in [0.2, 0.25) is 0 Å². The molecule has 3 aromatic rings. The Morgan fingerprint density at radius 2 is 2.05 bits per heavy atom. The Bertz CT molecular complexity index is 839. The monoisotopic (exact) mass is 282 g/mol. The topological polar surface area (TPSA) is 80.9 Å². The molecule has 0 radical (unpaired) electrons. The Morgan fingerprint density at radius 1 is 1.24 bits per heavy atom. The molecule has 0 aliphatic heterocycles. The summed E-state index contributed by atoms with van der Waals surface area (Å²) in [6, 6.07) is 9.77. The van der Waals surface area contributed by atoms with Crippen LogP contribution in [-0.2, 0) is 11.2 Å². The van der Waals surface area contributed by atoms with E-state index >= 15 is 0 Å². The smallest absolute Gasteiger partial charge is 0.309 e. The Balaban J connectivity index is 2.19. The minimum atomic E-state index is -0.919. The number of rotatable bonds is 3. The largest absolute Gasteiger partial charge is 0.481 e. The van der Waals surface area contributed by atoms with Gasteiger partial charge in [0.25, 0.3) is 0 Å². The molecule has 0 unspecified atom stereocenters. The van der Waals surface area contributed by atoms with E-state index in [0.717, 1.165) is 22.3 Å². The van der Waals surface area contributed by atoms with E-state index in [4.69, 9.17) is 5.11 Å². The highest BCUT2D eigenvalue weighted by Gasteiger charge is 2.15. The number of nitrogens with zero attached hydrogens (tertiary/aromatic N) is 4. The van der Waals surface area contributed by atoms with Gasteiger partial charge in [0.05, 0.1) is 29.0 Å². The van der Waals surface area contributed by atoms with Crippen molar-refractivity contribution < 1.29 is 9.90 Å². The highest BCUT2D eigenvalue weighted by molar-refractivity contribution is 5.86. The van der Waals surface area contributed by atoms with Crippen LogP contribution in [0.25, 0.3) is 16.6 Å². The third kappa shape index (κ3) is 2.35. The van der Waals surface area contributed by atoms with Gasteiger partial charge >= 0.3 is 5.97 Å². The molecule has 0 bridgehead atoms. The fraction of sp³-hybridized carbons (Fsp3) is 0.200. The zero-order valence-electron chi connectivity index (χ0n) is 11.7. The Hall–Kier alpha value is -2.76. The third-order valence-corrected chi connectivity index (χ3v) is 3.38. The lowest BCUT2D eigenvalue weighted by molar-refractivity contribution is -0.136. The summed E-state index contributed by atoms with van der Waals surface area (Å²) >= 11 is 0. The van der Waals surface area contributed by atoms with Gasteiger partial charge in [-0.25, -0.2) is 4.68 Å². The van der Waals surface area contributed by atoms with Crippen LogP contribution in [-0.4, -0.2) is 31.1 Å². The van der Waals surface area contributed by atoms with E-state index in [0.29, 0.717) is 11.4 Å². The van der Waals surface area contributed by atoms with Crippen molar-refractivity contribution in [1.82, 2.24) is 20.0 Å². The van der Waals surface area contributed by atoms with Crippen molar-refractivity contribution in [3.05, 3.63) is 47.4 Å². The van der Waals surface area contributed by atoms with Crippen LogP contribution in [0.5, 0.6) is 0 Å². The van der Waals surface area contributed by atoms with Crippen molar-refractivity contribution >= 4 is 16.9 Å². The Kier molecular flexibility index (Phi) is 3.13. The quantitative estimate of drug-likeness (QED) is 0.795. The molecule has 0 fully saturated rings. The highest BCUT2D eigenvalue weighted by atomic mass is 16.4. The summed E-state index contributed by atoms with van der Waals surface area (Å²) in [7, 11) is 0. The minimum Gasteiger partial charge on any atom is -0.481 e. The first kappa shape index (κ1) is 13.2. The van der Waals surface area contributed by atoms with E-state index in [9.17, 15) is 4.79 Å². The number of aryl methyl sites for hydroxylation is 1. The molecule has 0 saturated carbocycles. The molecule has 3 rings (SSSR count). The van der Waals surface area contributed by atoms with Gasteiger partial charge in [-0.2, -0.15) is 0 Å². The number of carboxylic acids is 1. The van der Waals surface area contributed by atoms with E-state index in [-0.39, 0.29) is 6.42 Å². The molecule has 0 amide bonds. The molecule has 0 saturated heterocycles. The Labute approximate surface area is 121 Å². The van der Waals surface area contributed by atoms with Gasteiger partial charge in [0, 0.05) is 11.1 Å². The maximum absolute atomic E-state index is 10.8. The maximum Gasteiger partial charge on any atom is 0.309 e. The molecule has 106 valence electrons. The molecular weight excluding hydrogens is 268 g/mol. The van der Waals surface area contributed by atoms with Crippen molar-refractivity contribution in [3.8, 4) is 5.69 Å². The number of benzene rings is 1. The van der Waals surface area contributed by atoms with Crippen molar-refractivity contribution in [2.75, 3.05) is 0 Å². The fourth-order valence-corrected chi connectivity index (χ4v) is 2.30. The second-order valence-electron chi connectivity index (χ2n) is 4.91. The molecule has 6 heteroatoms. The molecule has 2 aromatic heterocycles. The summed E-state index contributed by atoms with van der Waals surface area (Å²) in [6.45, 7) is 3.74. The van der Waals surface area contributed by atoms with Crippen LogP contribution in [0.4, 0.5) is 0 Å². The average molecular weight is 282 g/mol. The van der Waals surface area contributed by atoms with E-state index in [1.54, 1.807) is 4.68 Å². The molecule has 0 aliphatic rings. The number of pyridine rings is 1. The van der Waals surface area contributed by atoms with Crippen LogP contribution in [0.3, 0.4) is 0 Å². The summed E-state index contributed by atoms with van der Waals surface area (Å²) in [4.78, 5) is 15.4. The van der Waals surface area contributed by atoms with Gasteiger partial charge in [-0.05, 0) is 26.0 Å². The van der Waals surface area contributed by atoms with Gasteiger partial charge in [0.1, 0.15) is 0 Å². The number of carboxylic acid groups (broad SMARTS) is 1. The van der Waals surface area contributed by atoms with Crippen LogP contribution in [0, 0.1) is 13.8 Å². The molecule has 1 aromatic carbocycles. The number of aromatic nitrogens is 4. The van der Waals surface area contributed by atoms with Crippen LogP contribution in [0.15, 0.2) is 30.3 Å². The third-order valence-electron chi connectivity index (χ3n) is 3.38. The first-order valence-electron chi connectivity index (χ1n) is 6.56. The standard InChI is InChI=1S/C15H14N4O2/c1-9-6-7-11-4-3-5-13(15(11)16-9)19-10(2)12(17-18-19)8-14(20)21/h3-7H,8H2,1-2H3,(H,20,21). The van der Waals surface area contributed by atoms with Crippen LogP contribution < -0.4 is 0 Å². The molecule has 2 heterocycles. The van der Waals surface area contributed by atoms with E-state index in [1.807, 2.05) is 44.2 Å². The molecule has 0 aliphatic carbocycles. The fourth-order valence-electron chi connectivity index (χ4n) is 2.30. The number of fused-ring (bicyclic) bond motifs is 1. The molecule has 21 heavy (non-hydrogen) atoms. The summed E-state index contributed by atoms with van der Waals surface area (Å²) in [5.74, 6) is -0.919. The number of aliphatic carboxylic acids is 1. The first-order valence-corrected chi connectivity index (χ1v) is 6.56. The zero-order chi connectivity index (χ0) is 15.0. The molecule has 0 atom stereocenters. The van der Waals surface area contributed by atoms with Gasteiger partial charge < -0.3 is 5.11 Å². The number of carbonyl (C=O) groups is 1. The first-order chi connectivity index (χ1) is 10.1. The summed E-state index contributed by atoms with van der Waals surface area (Å²) in [6.07, 6.45) is -0.136. The lowest BCUT2D eigenvalue weighted by atomic mass is 10.1. The van der Waals surface area contributed by atoms with Crippen LogP contribution in [0.2, 0.25) is 0 Å². The second kappa shape index (κ2) is 4.97. The number of hydrogen-bond acceptors (Lipinski definition) is 4. The molecular formula is C15H14N4O2.